The Morgan fingerprint density at radius 1 is 1.26 bits per heavy atom. The molecule has 12 heteroatoms. The average molecular weight is 430 g/mol. The lowest BCUT2D eigenvalue weighted by Crippen LogP contribution is -2.30. The van der Waals surface area contributed by atoms with Gasteiger partial charge in [0.05, 0.1) is 6.04 Å². The van der Waals surface area contributed by atoms with Crippen molar-refractivity contribution in [2.75, 3.05) is 30.5 Å². The van der Waals surface area contributed by atoms with Crippen LogP contribution in [-0.4, -0.2) is 33.2 Å². The number of nitrogens with zero attached hydrogens (tertiary/aromatic N) is 5. The van der Waals surface area contributed by atoms with Gasteiger partial charge in [-0.2, -0.15) is 15.2 Å². The highest BCUT2D eigenvalue weighted by Gasteiger charge is 2.22. The number of nitrogens with two attached hydrogens (primary N) is 2. The molecule has 2 heterocycles. The highest BCUT2D eigenvalue weighted by Crippen LogP contribution is 2.25. The summed E-state index contributed by atoms with van der Waals surface area (Å²) in [6, 6.07) is 2.90. The minimum Gasteiger partial charge on any atom is -0.385 e. The number of rotatable bonds is 7. The largest absolute Gasteiger partial charge is 0.385 e. The zero-order valence-corrected chi connectivity index (χ0v) is 16.8. The van der Waals surface area contributed by atoms with Crippen molar-refractivity contribution in [1.82, 2.24) is 19.5 Å². The van der Waals surface area contributed by atoms with Crippen LogP contribution in [-0.2, 0) is 11.3 Å². The molecule has 0 unspecified atom stereocenters. The molecular formula is C19H20F2N8O2. The van der Waals surface area contributed by atoms with Crippen LogP contribution < -0.4 is 22.3 Å². The van der Waals surface area contributed by atoms with Crippen LogP contribution in [0, 0.1) is 23.0 Å². The fourth-order valence-electron chi connectivity index (χ4n) is 3.16. The normalized spacial score (nSPS) is 12.0. The van der Waals surface area contributed by atoms with Gasteiger partial charge in [0.15, 0.2) is 5.82 Å². The number of ether oxygens (including phenoxy) is 1. The molecule has 0 spiro atoms. The van der Waals surface area contributed by atoms with E-state index in [4.69, 9.17) is 16.2 Å². The highest BCUT2D eigenvalue weighted by atomic mass is 19.1. The van der Waals surface area contributed by atoms with Gasteiger partial charge in [-0.05, 0) is 25.5 Å². The Balaban J connectivity index is 2.16. The first kappa shape index (κ1) is 21.8. The number of benzene rings is 1. The van der Waals surface area contributed by atoms with Gasteiger partial charge >= 0.3 is 0 Å². The summed E-state index contributed by atoms with van der Waals surface area (Å²) in [5.41, 5.74) is 10.2. The predicted molar refractivity (Wildman–Crippen MR) is 110 cm³/mol. The number of nitriles is 1. The summed E-state index contributed by atoms with van der Waals surface area (Å²) < 4.78 is 34.9. The molecule has 0 aliphatic heterocycles. The number of aromatic nitrogens is 4. The van der Waals surface area contributed by atoms with E-state index in [1.165, 1.54) is 11.7 Å². The monoisotopic (exact) mass is 430 g/mol. The van der Waals surface area contributed by atoms with E-state index < -0.39 is 28.6 Å². The van der Waals surface area contributed by atoms with Crippen LogP contribution >= 0.6 is 0 Å². The number of anilines is 3. The fraction of sp³-hybridized carbons (Fsp3) is 0.316. The zero-order valence-electron chi connectivity index (χ0n) is 16.8. The summed E-state index contributed by atoms with van der Waals surface area (Å²) in [6.45, 7) is 2.11. The van der Waals surface area contributed by atoms with E-state index in [9.17, 15) is 18.8 Å². The maximum Gasteiger partial charge on any atom is 0.264 e. The first-order valence-corrected chi connectivity index (χ1v) is 9.25. The first-order chi connectivity index (χ1) is 14.8. The molecule has 0 saturated carbocycles. The molecular weight excluding hydrogens is 410 g/mol. The molecule has 3 rings (SSSR count). The van der Waals surface area contributed by atoms with Crippen molar-refractivity contribution in [3.63, 3.8) is 0 Å². The van der Waals surface area contributed by atoms with Crippen LogP contribution in [0.15, 0.2) is 16.9 Å². The molecule has 2 aromatic heterocycles. The summed E-state index contributed by atoms with van der Waals surface area (Å²) in [5, 5.41) is 11.8. The molecule has 5 N–H and O–H groups in total. The van der Waals surface area contributed by atoms with Crippen molar-refractivity contribution < 1.29 is 13.5 Å². The Morgan fingerprint density at radius 3 is 2.65 bits per heavy atom. The van der Waals surface area contributed by atoms with E-state index in [2.05, 4.69) is 20.3 Å². The fourth-order valence-corrected chi connectivity index (χ4v) is 3.16. The topological polar surface area (TPSA) is 158 Å². The van der Waals surface area contributed by atoms with Gasteiger partial charge in [0, 0.05) is 20.3 Å². The molecule has 162 valence electrons. The SMILES string of the molecule is COCCCn1c([C@H](C)Nc2nc(N)nc(N)c2C#N)nc2c(F)ccc(F)c2c1=O. The molecule has 0 aliphatic rings. The molecule has 1 atom stereocenters. The molecule has 0 aliphatic carbocycles. The minimum atomic E-state index is -0.871. The maximum atomic E-state index is 14.4. The number of nitrogen functional groups attached to an aromatic ring is 2. The quantitative estimate of drug-likeness (QED) is 0.474. The van der Waals surface area contributed by atoms with E-state index in [1.54, 1.807) is 6.92 Å². The zero-order chi connectivity index (χ0) is 22.7. The Kier molecular flexibility index (Phi) is 6.26. The molecule has 0 amide bonds. The number of fused-ring (bicyclic) bond motifs is 1. The number of nitrogens with one attached hydrogen (secondary N) is 1. The predicted octanol–water partition coefficient (Wildman–Crippen LogP) is 1.71. The summed E-state index contributed by atoms with van der Waals surface area (Å²) in [4.78, 5) is 25.0. The third-order valence-electron chi connectivity index (χ3n) is 4.58. The second-order valence-electron chi connectivity index (χ2n) is 6.69. The molecule has 1 aromatic carbocycles. The van der Waals surface area contributed by atoms with Crippen molar-refractivity contribution in [2.24, 2.45) is 0 Å². The average Bonchev–Trinajstić information content (AvgIpc) is 2.71. The molecule has 0 fully saturated rings. The summed E-state index contributed by atoms with van der Waals surface area (Å²) in [6.07, 6.45) is 0.428. The van der Waals surface area contributed by atoms with E-state index in [-0.39, 0.29) is 41.0 Å². The van der Waals surface area contributed by atoms with E-state index >= 15 is 0 Å². The molecule has 0 bridgehead atoms. The lowest BCUT2D eigenvalue weighted by molar-refractivity contribution is 0.189. The van der Waals surface area contributed by atoms with Crippen molar-refractivity contribution >= 4 is 28.5 Å². The third-order valence-corrected chi connectivity index (χ3v) is 4.58. The van der Waals surface area contributed by atoms with Crippen LogP contribution in [0.2, 0.25) is 0 Å². The van der Waals surface area contributed by atoms with Gasteiger partial charge in [-0.1, -0.05) is 0 Å². The maximum absolute atomic E-state index is 14.4. The second-order valence-corrected chi connectivity index (χ2v) is 6.69. The molecule has 31 heavy (non-hydrogen) atoms. The first-order valence-electron chi connectivity index (χ1n) is 9.25. The van der Waals surface area contributed by atoms with Crippen molar-refractivity contribution in [2.45, 2.75) is 25.9 Å². The van der Waals surface area contributed by atoms with Crippen LogP contribution in [0.4, 0.5) is 26.4 Å². The van der Waals surface area contributed by atoms with Gasteiger partial charge in [-0.25, -0.2) is 13.8 Å². The van der Waals surface area contributed by atoms with Gasteiger partial charge < -0.3 is 21.5 Å². The number of halogens is 2. The second kappa shape index (κ2) is 8.88. The third kappa shape index (κ3) is 4.22. The number of hydrogen-bond acceptors (Lipinski definition) is 9. The number of methoxy groups -OCH3 is 1. The van der Waals surface area contributed by atoms with Crippen molar-refractivity contribution in [1.29, 1.82) is 5.26 Å². The molecule has 0 radical (unpaired) electrons. The van der Waals surface area contributed by atoms with Gasteiger partial charge in [-0.15, -0.1) is 0 Å². The van der Waals surface area contributed by atoms with Gasteiger partial charge in [-0.3, -0.25) is 9.36 Å². The minimum absolute atomic E-state index is 0.0255. The smallest absolute Gasteiger partial charge is 0.264 e. The Labute approximate surface area is 175 Å². The lowest BCUT2D eigenvalue weighted by atomic mass is 10.2. The Hall–Kier alpha value is -3.85. The van der Waals surface area contributed by atoms with E-state index in [0.717, 1.165) is 12.1 Å². The van der Waals surface area contributed by atoms with E-state index in [1.807, 2.05) is 6.07 Å². The van der Waals surface area contributed by atoms with Gasteiger partial charge in [0.2, 0.25) is 5.95 Å². The van der Waals surface area contributed by atoms with Crippen LogP contribution in [0.3, 0.4) is 0 Å². The van der Waals surface area contributed by atoms with Crippen LogP contribution in [0.5, 0.6) is 0 Å². The van der Waals surface area contributed by atoms with Crippen molar-refractivity contribution in [3.8, 4) is 6.07 Å². The summed E-state index contributed by atoms with van der Waals surface area (Å²) in [5.74, 6) is -1.86. The standard InChI is InChI=1S/C19H20F2N8O2/c1-9(25-16-10(8-22)15(23)27-19(24)28-16)17-26-14-12(21)5-4-11(20)13(14)18(30)29(17)6-3-7-31-2/h4-5,9H,3,6-7H2,1-2H3,(H5,23,24,25,27,28)/t9-/m0/s1. The van der Waals surface area contributed by atoms with E-state index in [0.29, 0.717) is 13.0 Å². The number of hydrogen-bond donors (Lipinski definition) is 3. The summed E-state index contributed by atoms with van der Waals surface area (Å²) >= 11 is 0. The molecule has 10 nitrogen and oxygen atoms in total. The molecule has 3 aromatic rings. The van der Waals surface area contributed by atoms with Crippen LogP contribution in [0.1, 0.15) is 30.8 Å². The van der Waals surface area contributed by atoms with Crippen molar-refractivity contribution in [3.05, 3.63) is 45.5 Å². The summed E-state index contributed by atoms with van der Waals surface area (Å²) in [7, 11) is 1.51. The highest BCUT2D eigenvalue weighted by molar-refractivity contribution is 5.79. The lowest BCUT2D eigenvalue weighted by Gasteiger charge is -2.21. The van der Waals surface area contributed by atoms with Crippen LogP contribution in [0.25, 0.3) is 10.9 Å². The molecule has 0 saturated heterocycles. The van der Waals surface area contributed by atoms with Gasteiger partial charge in [0.25, 0.3) is 5.56 Å². The Morgan fingerprint density at radius 2 is 1.97 bits per heavy atom. The Bertz CT molecular complexity index is 1240. The van der Waals surface area contributed by atoms with Gasteiger partial charge in [0.1, 0.15) is 45.8 Å².